The second kappa shape index (κ2) is 3.53. The van der Waals surface area contributed by atoms with Crippen LogP contribution >= 0.6 is 0 Å². The van der Waals surface area contributed by atoms with Crippen LogP contribution in [0.4, 0.5) is 24.5 Å². The monoisotopic (exact) mass is 218 g/mol. The van der Waals surface area contributed by atoms with Crippen LogP contribution in [0.5, 0.6) is 5.88 Å². The van der Waals surface area contributed by atoms with Gasteiger partial charge in [0.25, 0.3) is 0 Å². The number of nitrogens with two attached hydrogens (primary N) is 2. The standard InChI is InChI=1S/C7H5F3N4O/c8-7(9,10)15-6-5(13)4(12)1-3(2-11)14-6/h1H,13H2,(H2,12,14). The van der Waals surface area contributed by atoms with Gasteiger partial charge in [-0.3, -0.25) is 0 Å². The fraction of sp³-hybridized carbons (Fsp3) is 0.143. The molecular formula is C7H5F3N4O. The van der Waals surface area contributed by atoms with Gasteiger partial charge in [0.15, 0.2) is 0 Å². The molecule has 1 rings (SSSR count). The summed E-state index contributed by atoms with van der Waals surface area (Å²) < 4.78 is 39.0. The zero-order valence-electron chi connectivity index (χ0n) is 7.17. The Bertz CT molecular complexity index is 423. The Hall–Kier alpha value is -2.17. The highest BCUT2D eigenvalue weighted by Crippen LogP contribution is 2.30. The molecule has 1 heterocycles. The third-order valence-electron chi connectivity index (χ3n) is 1.38. The van der Waals surface area contributed by atoms with E-state index in [4.69, 9.17) is 16.7 Å². The summed E-state index contributed by atoms with van der Waals surface area (Å²) in [5, 5.41) is 8.43. The number of halogens is 3. The number of nitriles is 1. The Morgan fingerprint density at radius 1 is 1.40 bits per heavy atom. The maximum absolute atomic E-state index is 11.8. The Morgan fingerprint density at radius 3 is 2.47 bits per heavy atom. The van der Waals surface area contributed by atoms with Crippen LogP contribution in [0.2, 0.25) is 0 Å². The van der Waals surface area contributed by atoms with Crippen LogP contribution in [0.15, 0.2) is 6.07 Å². The Kier molecular flexibility index (Phi) is 2.57. The zero-order valence-corrected chi connectivity index (χ0v) is 7.17. The van der Waals surface area contributed by atoms with E-state index in [1.807, 2.05) is 0 Å². The summed E-state index contributed by atoms with van der Waals surface area (Å²) in [5.41, 5.74) is 9.49. The van der Waals surface area contributed by atoms with Crippen molar-refractivity contribution >= 4 is 11.4 Å². The molecule has 0 fully saturated rings. The molecule has 1 aromatic rings. The number of ether oxygens (including phenoxy) is 1. The highest BCUT2D eigenvalue weighted by Gasteiger charge is 2.33. The van der Waals surface area contributed by atoms with E-state index in [2.05, 4.69) is 9.72 Å². The minimum atomic E-state index is -4.93. The smallest absolute Gasteiger partial charge is 0.397 e. The molecule has 0 aliphatic rings. The van der Waals surface area contributed by atoms with Crippen molar-refractivity contribution in [3.8, 4) is 11.9 Å². The van der Waals surface area contributed by atoms with Gasteiger partial charge in [-0.25, -0.2) is 4.98 Å². The minimum Gasteiger partial charge on any atom is -0.397 e. The molecule has 0 saturated heterocycles. The first-order chi connectivity index (χ1) is 6.83. The number of nitrogen functional groups attached to an aromatic ring is 2. The second-order valence-electron chi connectivity index (χ2n) is 2.48. The lowest BCUT2D eigenvalue weighted by atomic mass is 10.3. The third kappa shape index (κ3) is 2.63. The number of aromatic nitrogens is 1. The molecular weight excluding hydrogens is 213 g/mol. The highest BCUT2D eigenvalue weighted by molar-refractivity contribution is 5.69. The number of anilines is 2. The van der Waals surface area contributed by atoms with Crippen LogP contribution in [0.1, 0.15) is 5.69 Å². The van der Waals surface area contributed by atoms with Gasteiger partial charge in [-0.15, -0.1) is 13.2 Å². The van der Waals surface area contributed by atoms with Crippen molar-refractivity contribution in [3.05, 3.63) is 11.8 Å². The maximum Gasteiger partial charge on any atom is 0.574 e. The molecule has 0 bridgehead atoms. The lowest BCUT2D eigenvalue weighted by Gasteiger charge is -2.11. The molecule has 1 aromatic heterocycles. The van der Waals surface area contributed by atoms with E-state index in [0.717, 1.165) is 6.07 Å². The van der Waals surface area contributed by atoms with Gasteiger partial charge < -0.3 is 16.2 Å². The van der Waals surface area contributed by atoms with Gasteiger partial charge in [0.05, 0.1) is 5.69 Å². The molecule has 8 heteroatoms. The van der Waals surface area contributed by atoms with Gasteiger partial charge >= 0.3 is 6.36 Å². The predicted octanol–water partition coefficient (Wildman–Crippen LogP) is 1.02. The van der Waals surface area contributed by atoms with Gasteiger partial charge in [0.2, 0.25) is 5.88 Å². The van der Waals surface area contributed by atoms with E-state index >= 15 is 0 Å². The summed E-state index contributed by atoms with van der Waals surface area (Å²) in [4.78, 5) is 3.23. The topological polar surface area (TPSA) is 98.0 Å². The number of hydrogen-bond donors (Lipinski definition) is 2. The molecule has 0 aliphatic heterocycles. The van der Waals surface area contributed by atoms with Crippen molar-refractivity contribution < 1.29 is 17.9 Å². The quantitative estimate of drug-likeness (QED) is 0.733. The van der Waals surface area contributed by atoms with Crippen LogP contribution in [-0.2, 0) is 0 Å². The molecule has 15 heavy (non-hydrogen) atoms. The normalized spacial score (nSPS) is 10.8. The molecule has 0 aliphatic carbocycles. The van der Waals surface area contributed by atoms with E-state index in [1.165, 1.54) is 6.07 Å². The third-order valence-corrected chi connectivity index (χ3v) is 1.38. The summed E-state index contributed by atoms with van der Waals surface area (Å²) in [6, 6.07) is 2.58. The number of pyridine rings is 1. The van der Waals surface area contributed by atoms with Crippen molar-refractivity contribution in [1.29, 1.82) is 5.26 Å². The van der Waals surface area contributed by atoms with Gasteiger partial charge in [0.1, 0.15) is 17.5 Å². The van der Waals surface area contributed by atoms with Crippen LogP contribution in [0.3, 0.4) is 0 Å². The SMILES string of the molecule is N#Cc1cc(N)c(N)c(OC(F)(F)F)n1. The lowest BCUT2D eigenvalue weighted by molar-refractivity contribution is -0.275. The van der Waals surface area contributed by atoms with Crippen molar-refractivity contribution in [2.24, 2.45) is 0 Å². The molecule has 0 radical (unpaired) electrons. The van der Waals surface area contributed by atoms with Gasteiger partial charge in [0, 0.05) is 0 Å². The first-order valence-corrected chi connectivity index (χ1v) is 3.55. The average molecular weight is 218 g/mol. The van der Waals surface area contributed by atoms with Gasteiger partial charge in [-0.2, -0.15) is 5.26 Å². The Balaban J connectivity index is 3.18. The largest absolute Gasteiger partial charge is 0.574 e. The van der Waals surface area contributed by atoms with Crippen molar-refractivity contribution in [3.63, 3.8) is 0 Å². The second-order valence-corrected chi connectivity index (χ2v) is 2.48. The molecule has 80 valence electrons. The highest BCUT2D eigenvalue weighted by atomic mass is 19.4. The fourth-order valence-electron chi connectivity index (χ4n) is 0.795. The molecule has 0 aromatic carbocycles. The van der Waals surface area contributed by atoms with E-state index < -0.39 is 17.9 Å². The molecule has 0 unspecified atom stereocenters. The molecule has 0 atom stereocenters. The van der Waals surface area contributed by atoms with Crippen molar-refractivity contribution in [1.82, 2.24) is 4.98 Å². The summed E-state index contributed by atoms with van der Waals surface area (Å²) in [6.07, 6.45) is -4.93. The summed E-state index contributed by atoms with van der Waals surface area (Å²) in [5.74, 6) is -0.918. The number of rotatable bonds is 1. The number of alkyl halides is 3. The maximum atomic E-state index is 11.8. The number of hydrogen-bond acceptors (Lipinski definition) is 5. The van der Waals surface area contributed by atoms with Crippen LogP contribution < -0.4 is 16.2 Å². The Labute approximate surface area is 82.1 Å². The first-order valence-electron chi connectivity index (χ1n) is 3.55. The minimum absolute atomic E-state index is 0.194. The first kappa shape index (κ1) is 10.9. The summed E-state index contributed by atoms with van der Waals surface area (Å²) in [6.45, 7) is 0. The predicted molar refractivity (Wildman–Crippen MR) is 44.5 cm³/mol. The van der Waals surface area contributed by atoms with E-state index in [9.17, 15) is 13.2 Å². The van der Waals surface area contributed by atoms with E-state index in [-0.39, 0.29) is 11.4 Å². The number of nitrogens with zero attached hydrogens (tertiary/aromatic N) is 2. The zero-order chi connectivity index (χ0) is 11.6. The molecule has 4 N–H and O–H groups in total. The van der Waals surface area contributed by atoms with E-state index in [0.29, 0.717) is 0 Å². The molecule has 0 amide bonds. The molecule has 5 nitrogen and oxygen atoms in total. The van der Waals surface area contributed by atoms with Crippen LogP contribution in [0, 0.1) is 11.3 Å². The molecule has 0 spiro atoms. The van der Waals surface area contributed by atoms with Crippen molar-refractivity contribution in [2.75, 3.05) is 11.5 Å². The van der Waals surface area contributed by atoms with Crippen molar-refractivity contribution in [2.45, 2.75) is 6.36 Å². The molecule has 0 saturated carbocycles. The van der Waals surface area contributed by atoms with Gasteiger partial charge in [-0.05, 0) is 6.07 Å². The Morgan fingerprint density at radius 2 is 2.00 bits per heavy atom. The fourth-order valence-corrected chi connectivity index (χ4v) is 0.795. The summed E-state index contributed by atoms with van der Waals surface area (Å²) >= 11 is 0. The average Bonchev–Trinajstić information content (AvgIpc) is 2.10. The lowest BCUT2D eigenvalue weighted by Crippen LogP contribution is -2.19. The van der Waals surface area contributed by atoms with Gasteiger partial charge in [-0.1, -0.05) is 0 Å². The van der Waals surface area contributed by atoms with E-state index in [1.54, 1.807) is 0 Å². The summed E-state index contributed by atoms with van der Waals surface area (Å²) in [7, 11) is 0. The van der Waals surface area contributed by atoms with Crippen LogP contribution in [-0.4, -0.2) is 11.3 Å². The van der Waals surface area contributed by atoms with Crippen LogP contribution in [0.25, 0.3) is 0 Å².